The van der Waals surface area contributed by atoms with Crippen LogP contribution in [0.4, 0.5) is 0 Å². The van der Waals surface area contributed by atoms with Crippen LogP contribution in [-0.2, 0) is 25.9 Å². The number of hydrogen-bond acceptors (Lipinski definition) is 2. The lowest BCUT2D eigenvalue weighted by Crippen LogP contribution is -2.30. The van der Waals surface area contributed by atoms with Crippen molar-refractivity contribution in [2.24, 2.45) is 0 Å². The molecule has 1 aliphatic rings. The molecule has 2 aromatic heterocycles. The van der Waals surface area contributed by atoms with E-state index >= 15 is 0 Å². The molecule has 0 amide bonds. The second-order valence-corrected chi connectivity index (χ2v) is 6.28. The van der Waals surface area contributed by atoms with E-state index in [0.717, 1.165) is 48.5 Å². The Hall–Kier alpha value is -2.33. The van der Waals surface area contributed by atoms with Gasteiger partial charge in [0.2, 0.25) is 0 Å². The molecule has 4 rings (SSSR count). The summed E-state index contributed by atoms with van der Waals surface area (Å²) in [5.41, 5.74) is 6.03. The van der Waals surface area contributed by atoms with Crippen LogP contribution in [0.5, 0.6) is 0 Å². The van der Waals surface area contributed by atoms with Gasteiger partial charge in [-0.3, -0.25) is 0 Å². The van der Waals surface area contributed by atoms with Crippen LogP contribution in [0, 0.1) is 12.1 Å². The summed E-state index contributed by atoms with van der Waals surface area (Å²) in [6.45, 7) is 4.74. The van der Waals surface area contributed by atoms with Crippen molar-refractivity contribution in [1.29, 1.82) is 0 Å². The summed E-state index contributed by atoms with van der Waals surface area (Å²) in [6.07, 6.45) is 3.65. The summed E-state index contributed by atoms with van der Waals surface area (Å²) in [6, 6.07) is 12.6. The highest BCUT2D eigenvalue weighted by atomic mass is 16.5. The van der Waals surface area contributed by atoms with Gasteiger partial charge in [0.25, 0.3) is 0 Å². The summed E-state index contributed by atoms with van der Waals surface area (Å²) >= 11 is 0. The van der Waals surface area contributed by atoms with E-state index in [0.29, 0.717) is 0 Å². The molecule has 0 saturated carbocycles. The smallest absolute Gasteiger partial charge is 0.189 e. The third-order valence-electron chi connectivity index (χ3n) is 4.83. The topological polar surface area (TPSA) is 43.9 Å². The van der Waals surface area contributed by atoms with Crippen LogP contribution in [0.3, 0.4) is 0 Å². The quantitative estimate of drug-likeness (QED) is 0.597. The summed E-state index contributed by atoms with van der Waals surface area (Å²) in [4.78, 5) is 0. The average molecular weight is 307 g/mol. The van der Waals surface area contributed by atoms with Crippen LogP contribution in [0.25, 0.3) is 10.9 Å². The number of rotatable bonds is 3. The largest absolute Gasteiger partial charge is 0.619 e. The Balaban J connectivity index is 1.69. The van der Waals surface area contributed by atoms with E-state index in [9.17, 15) is 5.21 Å². The lowest BCUT2D eigenvalue weighted by molar-refractivity contribution is -0.612. The van der Waals surface area contributed by atoms with E-state index in [2.05, 4.69) is 40.2 Å². The summed E-state index contributed by atoms with van der Waals surface area (Å²) in [7, 11) is 0. The maximum atomic E-state index is 11.7. The number of para-hydroxylation sites is 1. The van der Waals surface area contributed by atoms with Crippen LogP contribution in [0.1, 0.15) is 22.5 Å². The summed E-state index contributed by atoms with van der Waals surface area (Å²) in [5.74, 6) is 0. The molecule has 1 N–H and O–H groups in total. The second kappa shape index (κ2) is 5.70. The van der Waals surface area contributed by atoms with E-state index in [-0.39, 0.29) is 0 Å². The first-order valence-electron chi connectivity index (χ1n) is 8.22. The Kier molecular flexibility index (Phi) is 3.54. The van der Waals surface area contributed by atoms with Gasteiger partial charge in [-0.2, -0.15) is 4.73 Å². The number of nitrogens with zero attached hydrogens (tertiary/aromatic N) is 2. The molecule has 118 valence electrons. The van der Waals surface area contributed by atoms with Crippen molar-refractivity contribution in [3.8, 4) is 0 Å². The van der Waals surface area contributed by atoms with Crippen molar-refractivity contribution in [3.63, 3.8) is 0 Å². The first-order valence-corrected chi connectivity index (χ1v) is 8.22. The van der Waals surface area contributed by atoms with Crippen molar-refractivity contribution < 1.29 is 4.73 Å². The number of hydrogen-bond donors (Lipinski definition) is 1. The lowest BCUT2D eigenvalue weighted by Gasteiger charge is -2.17. The Morgan fingerprint density at radius 2 is 2.09 bits per heavy atom. The van der Waals surface area contributed by atoms with Crippen LogP contribution in [0.2, 0.25) is 0 Å². The van der Waals surface area contributed by atoms with Crippen molar-refractivity contribution in [2.75, 3.05) is 6.54 Å². The molecular formula is C19H21N3O. The number of aryl methyl sites for hydroxylation is 3. The normalized spacial score (nSPS) is 14.1. The Morgan fingerprint density at radius 1 is 1.22 bits per heavy atom. The van der Waals surface area contributed by atoms with E-state index in [1.54, 1.807) is 6.20 Å². The van der Waals surface area contributed by atoms with Gasteiger partial charge in [0, 0.05) is 61.2 Å². The Bertz CT molecular complexity index is 866. The Morgan fingerprint density at radius 3 is 2.96 bits per heavy atom. The van der Waals surface area contributed by atoms with Gasteiger partial charge in [-0.25, -0.2) is 0 Å². The predicted molar refractivity (Wildman–Crippen MR) is 91.2 cm³/mol. The molecule has 4 heteroatoms. The molecule has 0 radical (unpaired) electrons. The number of fused-ring (bicyclic) bond motifs is 3. The number of nitrogens with one attached hydrogen (secondary N) is 1. The fourth-order valence-corrected chi connectivity index (χ4v) is 3.57. The fourth-order valence-electron chi connectivity index (χ4n) is 3.57. The van der Waals surface area contributed by atoms with Crippen molar-refractivity contribution in [3.05, 3.63) is 70.3 Å². The Labute approximate surface area is 136 Å². The van der Waals surface area contributed by atoms with Gasteiger partial charge in [-0.05, 0) is 24.1 Å². The van der Waals surface area contributed by atoms with Crippen LogP contribution in [0.15, 0.2) is 42.6 Å². The first kappa shape index (κ1) is 14.3. The predicted octanol–water partition coefficient (Wildman–Crippen LogP) is 2.47. The maximum absolute atomic E-state index is 11.7. The highest BCUT2D eigenvalue weighted by Gasteiger charge is 2.19. The average Bonchev–Trinajstić information content (AvgIpc) is 2.90. The van der Waals surface area contributed by atoms with Crippen LogP contribution >= 0.6 is 0 Å². The van der Waals surface area contributed by atoms with Gasteiger partial charge in [0.05, 0.1) is 0 Å². The lowest BCUT2D eigenvalue weighted by atomic mass is 10.1. The molecule has 1 aliphatic heterocycles. The molecule has 0 saturated heterocycles. The third-order valence-corrected chi connectivity index (χ3v) is 4.83. The molecule has 3 aromatic rings. The molecule has 4 nitrogen and oxygen atoms in total. The molecule has 0 fully saturated rings. The van der Waals surface area contributed by atoms with Crippen LogP contribution < -0.4 is 10.0 Å². The molecule has 3 heterocycles. The molecule has 23 heavy (non-hydrogen) atoms. The monoisotopic (exact) mass is 307 g/mol. The molecular weight excluding hydrogens is 286 g/mol. The summed E-state index contributed by atoms with van der Waals surface area (Å²) < 4.78 is 3.41. The van der Waals surface area contributed by atoms with E-state index in [1.165, 1.54) is 22.2 Å². The van der Waals surface area contributed by atoms with Gasteiger partial charge in [0.15, 0.2) is 11.9 Å². The molecule has 0 bridgehead atoms. The highest BCUT2D eigenvalue weighted by molar-refractivity contribution is 5.85. The molecule has 0 aliphatic carbocycles. The standard InChI is InChI=1S/C19H21N3O/c1-14-6-7-15(13-22(14)23)9-11-21-18-5-3-2-4-16(18)17-12-20-10-8-19(17)21/h2-7,13,20H,8-12H2,1H3. The second-order valence-electron chi connectivity index (χ2n) is 6.28. The van der Waals surface area contributed by atoms with Gasteiger partial charge in [-0.1, -0.05) is 18.2 Å². The first-order chi connectivity index (χ1) is 11.2. The number of pyridine rings is 1. The highest BCUT2D eigenvalue weighted by Crippen LogP contribution is 2.28. The van der Waals surface area contributed by atoms with Gasteiger partial charge in [0.1, 0.15) is 0 Å². The number of benzene rings is 1. The van der Waals surface area contributed by atoms with Gasteiger partial charge in [-0.15, -0.1) is 0 Å². The zero-order valence-electron chi connectivity index (χ0n) is 13.4. The minimum Gasteiger partial charge on any atom is -0.619 e. The van der Waals surface area contributed by atoms with Gasteiger partial charge < -0.3 is 15.1 Å². The molecule has 1 aromatic carbocycles. The zero-order chi connectivity index (χ0) is 15.8. The zero-order valence-corrected chi connectivity index (χ0v) is 13.4. The van der Waals surface area contributed by atoms with Crippen molar-refractivity contribution in [2.45, 2.75) is 32.9 Å². The van der Waals surface area contributed by atoms with Crippen LogP contribution in [-0.4, -0.2) is 11.1 Å². The molecule has 0 atom stereocenters. The minimum atomic E-state index is 0.739. The molecule has 0 spiro atoms. The summed E-state index contributed by atoms with van der Waals surface area (Å²) in [5, 5.41) is 16.6. The van der Waals surface area contributed by atoms with E-state index in [1.807, 2.05) is 13.0 Å². The van der Waals surface area contributed by atoms with Gasteiger partial charge >= 0.3 is 0 Å². The molecule has 0 unspecified atom stereocenters. The van der Waals surface area contributed by atoms with Crippen molar-refractivity contribution >= 4 is 10.9 Å². The minimum absolute atomic E-state index is 0.739. The van der Waals surface area contributed by atoms with Crippen molar-refractivity contribution in [1.82, 2.24) is 9.88 Å². The maximum Gasteiger partial charge on any atom is 0.189 e. The number of aromatic nitrogens is 2. The third kappa shape index (κ3) is 2.49. The van der Waals surface area contributed by atoms with E-state index in [4.69, 9.17) is 0 Å². The van der Waals surface area contributed by atoms with E-state index < -0.39 is 0 Å². The SMILES string of the molecule is Cc1ccc(CCn2c3c(c4ccccc42)CNCC3)c[n+]1[O-]. The fraction of sp³-hybridized carbons (Fsp3) is 0.316.